The molecule has 0 saturated carbocycles. The number of nitrogens with zero attached hydrogens (tertiary/aromatic N) is 3. The van der Waals surface area contributed by atoms with E-state index in [9.17, 15) is 0 Å². The summed E-state index contributed by atoms with van der Waals surface area (Å²) >= 11 is 1.52. The van der Waals surface area contributed by atoms with Gasteiger partial charge in [-0.3, -0.25) is 0 Å². The molecule has 1 aromatic heterocycles. The van der Waals surface area contributed by atoms with E-state index in [4.69, 9.17) is 4.74 Å². The molecular formula is C12H22N4OS. The summed E-state index contributed by atoms with van der Waals surface area (Å²) in [6.45, 7) is 4.53. The Hall–Kier alpha value is -1.01. The zero-order valence-corrected chi connectivity index (χ0v) is 12.4. The number of hydrogen-bond donors (Lipinski definition) is 1. The summed E-state index contributed by atoms with van der Waals surface area (Å²) in [5.74, 6) is 1.46. The van der Waals surface area contributed by atoms with Gasteiger partial charge in [-0.1, -0.05) is 18.7 Å². The quantitative estimate of drug-likeness (QED) is 0.575. The summed E-state index contributed by atoms with van der Waals surface area (Å²) < 4.78 is 5.63. The van der Waals surface area contributed by atoms with Crippen LogP contribution in [0.4, 0.5) is 5.82 Å². The number of ether oxygens (including phenoxy) is 1. The van der Waals surface area contributed by atoms with Crippen LogP contribution in [-0.2, 0) is 0 Å². The van der Waals surface area contributed by atoms with Crippen molar-refractivity contribution in [3.63, 3.8) is 0 Å². The van der Waals surface area contributed by atoms with E-state index in [-0.39, 0.29) is 0 Å². The first kappa shape index (κ1) is 15.0. The molecule has 0 aliphatic heterocycles. The van der Waals surface area contributed by atoms with Crippen molar-refractivity contribution in [2.24, 2.45) is 0 Å². The summed E-state index contributed by atoms with van der Waals surface area (Å²) in [7, 11) is 4.04. The van der Waals surface area contributed by atoms with Crippen LogP contribution in [0.2, 0.25) is 0 Å². The van der Waals surface area contributed by atoms with Crippen molar-refractivity contribution >= 4 is 17.6 Å². The van der Waals surface area contributed by atoms with Crippen LogP contribution in [0.3, 0.4) is 0 Å². The lowest BCUT2D eigenvalue weighted by Crippen LogP contribution is -2.19. The minimum atomic E-state index is 0.630. The predicted molar refractivity (Wildman–Crippen MR) is 76.6 cm³/mol. The second kappa shape index (κ2) is 8.16. The van der Waals surface area contributed by atoms with Gasteiger partial charge in [0.25, 0.3) is 0 Å². The van der Waals surface area contributed by atoms with Crippen LogP contribution in [0.15, 0.2) is 11.2 Å². The Balaban J connectivity index is 2.64. The van der Waals surface area contributed by atoms with Gasteiger partial charge in [-0.05, 0) is 26.8 Å². The standard InChI is InChI=1S/C12H22N4OS/c1-5-6-13-10-9-11(15-12(14-10)18-4)17-8-7-16(2)3/h9H,5-8H2,1-4H3,(H,13,14,15). The van der Waals surface area contributed by atoms with E-state index in [0.717, 1.165) is 30.5 Å². The fourth-order valence-corrected chi connectivity index (χ4v) is 1.62. The zero-order chi connectivity index (χ0) is 13.4. The number of aromatic nitrogens is 2. The molecule has 1 N–H and O–H groups in total. The number of thioether (sulfide) groups is 1. The van der Waals surface area contributed by atoms with Gasteiger partial charge in [0, 0.05) is 19.2 Å². The molecule has 0 bridgehead atoms. The van der Waals surface area contributed by atoms with Gasteiger partial charge in [-0.25, -0.2) is 4.98 Å². The maximum absolute atomic E-state index is 5.63. The van der Waals surface area contributed by atoms with Gasteiger partial charge in [-0.15, -0.1) is 0 Å². The van der Waals surface area contributed by atoms with Gasteiger partial charge in [0.05, 0.1) is 0 Å². The van der Waals surface area contributed by atoms with Crippen molar-refractivity contribution in [1.82, 2.24) is 14.9 Å². The molecule has 0 aliphatic carbocycles. The molecule has 5 nitrogen and oxygen atoms in total. The van der Waals surface area contributed by atoms with Gasteiger partial charge in [0.2, 0.25) is 5.88 Å². The van der Waals surface area contributed by atoms with Crippen LogP contribution in [0.1, 0.15) is 13.3 Å². The van der Waals surface area contributed by atoms with Gasteiger partial charge in [0.15, 0.2) is 5.16 Å². The molecule has 1 aromatic rings. The van der Waals surface area contributed by atoms with Gasteiger partial charge < -0.3 is 15.0 Å². The van der Waals surface area contributed by atoms with E-state index in [0.29, 0.717) is 12.5 Å². The lowest BCUT2D eigenvalue weighted by atomic mass is 10.4. The predicted octanol–water partition coefficient (Wildman–Crippen LogP) is 1.96. The normalized spacial score (nSPS) is 10.7. The summed E-state index contributed by atoms with van der Waals surface area (Å²) in [4.78, 5) is 10.8. The monoisotopic (exact) mass is 270 g/mol. The van der Waals surface area contributed by atoms with Crippen LogP contribution in [0.5, 0.6) is 5.88 Å². The van der Waals surface area contributed by atoms with Gasteiger partial charge in [0.1, 0.15) is 12.4 Å². The van der Waals surface area contributed by atoms with Crippen molar-refractivity contribution in [3.8, 4) is 5.88 Å². The highest BCUT2D eigenvalue weighted by Crippen LogP contribution is 2.18. The highest BCUT2D eigenvalue weighted by molar-refractivity contribution is 7.98. The third kappa shape index (κ3) is 5.55. The molecule has 1 heterocycles. The maximum Gasteiger partial charge on any atom is 0.219 e. The lowest BCUT2D eigenvalue weighted by molar-refractivity contribution is 0.252. The number of nitrogens with one attached hydrogen (secondary N) is 1. The smallest absolute Gasteiger partial charge is 0.219 e. The Morgan fingerprint density at radius 2 is 2.17 bits per heavy atom. The molecule has 0 unspecified atom stereocenters. The SMILES string of the molecule is CCCNc1cc(OCCN(C)C)nc(SC)n1. The molecule has 0 radical (unpaired) electrons. The second-order valence-corrected chi connectivity index (χ2v) is 4.93. The molecule has 0 aromatic carbocycles. The summed E-state index contributed by atoms with van der Waals surface area (Å²) in [6.07, 6.45) is 3.03. The molecule has 0 spiro atoms. The largest absolute Gasteiger partial charge is 0.476 e. The molecule has 0 atom stereocenters. The summed E-state index contributed by atoms with van der Waals surface area (Å²) in [5.41, 5.74) is 0. The van der Waals surface area contributed by atoms with Crippen LogP contribution in [0.25, 0.3) is 0 Å². The van der Waals surface area contributed by atoms with E-state index >= 15 is 0 Å². The van der Waals surface area contributed by atoms with Crippen molar-refractivity contribution < 1.29 is 4.74 Å². The van der Waals surface area contributed by atoms with E-state index in [1.807, 2.05) is 26.4 Å². The third-order valence-corrected chi connectivity index (χ3v) is 2.76. The zero-order valence-electron chi connectivity index (χ0n) is 11.6. The molecule has 0 fully saturated rings. The number of hydrogen-bond acceptors (Lipinski definition) is 6. The van der Waals surface area contributed by atoms with Crippen LogP contribution < -0.4 is 10.1 Å². The second-order valence-electron chi connectivity index (χ2n) is 4.16. The van der Waals surface area contributed by atoms with Crippen molar-refractivity contribution in [2.75, 3.05) is 45.4 Å². The van der Waals surface area contributed by atoms with Crippen molar-refractivity contribution in [3.05, 3.63) is 6.07 Å². The Kier molecular flexibility index (Phi) is 6.82. The Morgan fingerprint density at radius 3 is 2.78 bits per heavy atom. The van der Waals surface area contributed by atoms with Gasteiger partial charge in [-0.2, -0.15) is 4.98 Å². The molecule has 6 heteroatoms. The fraction of sp³-hybridized carbons (Fsp3) is 0.667. The Labute approximate surface area is 113 Å². The fourth-order valence-electron chi connectivity index (χ4n) is 1.25. The minimum absolute atomic E-state index is 0.630. The van der Waals surface area contributed by atoms with Crippen molar-refractivity contribution in [2.45, 2.75) is 18.5 Å². The molecule has 0 saturated heterocycles. The van der Waals surface area contributed by atoms with Crippen LogP contribution in [0, 0.1) is 0 Å². The van der Waals surface area contributed by atoms with E-state index in [1.54, 1.807) is 0 Å². The first-order chi connectivity index (χ1) is 8.65. The average molecular weight is 270 g/mol. The van der Waals surface area contributed by atoms with E-state index in [1.165, 1.54) is 11.8 Å². The summed E-state index contributed by atoms with van der Waals surface area (Å²) in [6, 6.07) is 1.85. The molecule has 102 valence electrons. The Morgan fingerprint density at radius 1 is 1.39 bits per heavy atom. The van der Waals surface area contributed by atoms with E-state index < -0.39 is 0 Å². The van der Waals surface area contributed by atoms with Gasteiger partial charge >= 0.3 is 0 Å². The van der Waals surface area contributed by atoms with Crippen molar-refractivity contribution in [1.29, 1.82) is 0 Å². The first-order valence-electron chi connectivity index (χ1n) is 6.10. The van der Waals surface area contributed by atoms with Crippen LogP contribution >= 0.6 is 11.8 Å². The minimum Gasteiger partial charge on any atom is -0.476 e. The highest BCUT2D eigenvalue weighted by Gasteiger charge is 2.04. The summed E-state index contributed by atoms with van der Waals surface area (Å²) in [5, 5.41) is 3.99. The number of rotatable bonds is 8. The molecule has 1 rings (SSSR count). The Bertz CT molecular complexity index is 360. The average Bonchev–Trinajstić information content (AvgIpc) is 2.35. The highest BCUT2D eigenvalue weighted by atomic mass is 32.2. The molecular weight excluding hydrogens is 248 g/mol. The third-order valence-electron chi connectivity index (χ3n) is 2.21. The van der Waals surface area contributed by atoms with E-state index in [2.05, 4.69) is 27.1 Å². The first-order valence-corrected chi connectivity index (χ1v) is 7.32. The van der Waals surface area contributed by atoms with Crippen LogP contribution in [-0.4, -0.2) is 54.9 Å². The molecule has 18 heavy (non-hydrogen) atoms. The lowest BCUT2D eigenvalue weighted by Gasteiger charge is -2.12. The number of anilines is 1. The molecule has 0 aliphatic rings. The number of likely N-dealkylation sites (N-methyl/N-ethyl adjacent to an activating group) is 1. The molecule has 0 amide bonds. The maximum atomic E-state index is 5.63. The topological polar surface area (TPSA) is 50.3 Å².